The number of rotatable bonds is 5. The normalized spacial score (nSPS) is 15.9. The highest BCUT2D eigenvalue weighted by molar-refractivity contribution is 6.16. The topological polar surface area (TPSA) is 4.93 Å². The second-order valence-electron chi connectivity index (χ2n) is 16.6. The van der Waals surface area contributed by atoms with Gasteiger partial charge in [0, 0.05) is 22.4 Å². The maximum Gasteiger partial charge on any atom is 0.0541 e. The third-order valence-corrected chi connectivity index (χ3v) is 12.1. The number of aromatic nitrogens is 1. The summed E-state index contributed by atoms with van der Waals surface area (Å²) in [5.41, 5.74) is 14.1. The highest BCUT2D eigenvalue weighted by Crippen LogP contribution is 2.46. The fraction of sp³-hybridized carbons (Fsp3) is 0.127. The molecule has 1 aliphatic rings. The van der Waals surface area contributed by atoms with Crippen LogP contribution in [0.4, 0.5) is 0 Å². The Labute approximate surface area is 329 Å². The van der Waals surface area contributed by atoms with Gasteiger partial charge in [0.15, 0.2) is 0 Å². The van der Waals surface area contributed by atoms with Crippen LogP contribution < -0.4 is 0 Å². The number of hydrogen-bond acceptors (Lipinski definition) is 0. The first kappa shape index (κ1) is 34.1. The molecule has 2 atom stereocenters. The molecule has 56 heavy (non-hydrogen) atoms. The van der Waals surface area contributed by atoms with E-state index in [2.05, 4.69) is 220 Å². The van der Waals surface area contributed by atoms with Crippen molar-refractivity contribution in [1.82, 2.24) is 4.57 Å². The molecule has 0 fully saturated rings. The number of allylic oxidation sites excluding steroid dienone is 4. The Morgan fingerprint density at radius 2 is 0.982 bits per heavy atom. The second-order valence-corrected chi connectivity index (χ2v) is 16.6. The van der Waals surface area contributed by atoms with Crippen molar-refractivity contribution in [2.75, 3.05) is 0 Å². The minimum absolute atomic E-state index is 0.0611. The van der Waals surface area contributed by atoms with E-state index >= 15 is 0 Å². The molecule has 1 heteroatoms. The van der Waals surface area contributed by atoms with Crippen LogP contribution in [0.15, 0.2) is 188 Å². The van der Waals surface area contributed by atoms with Crippen molar-refractivity contribution in [2.45, 2.75) is 39.0 Å². The predicted molar refractivity (Wildman–Crippen MR) is 241 cm³/mol. The lowest BCUT2D eigenvalue weighted by Gasteiger charge is -2.28. The summed E-state index contributed by atoms with van der Waals surface area (Å²) in [4.78, 5) is 0. The van der Waals surface area contributed by atoms with Gasteiger partial charge in [-0.1, -0.05) is 179 Å². The monoisotopic (exact) mass is 719 g/mol. The molecule has 0 amide bonds. The molecule has 0 aliphatic heterocycles. The Bertz CT molecular complexity index is 2930. The van der Waals surface area contributed by atoms with E-state index in [0.29, 0.717) is 5.92 Å². The number of benzene rings is 8. The van der Waals surface area contributed by atoms with Crippen LogP contribution in [0.3, 0.4) is 0 Å². The van der Waals surface area contributed by atoms with E-state index in [-0.39, 0.29) is 11.3 Å². The molecule has 0 radical (unpaired) electrons. The third kappa shape index (κ3) is 5.69. The van der Waals surface area contributed by atoms with Crippen molar-refractivity contribution in [2.24, 2.45) is 5.92 Å². The Morgan fingerprint density at radius 3 is 1.61 bits per heavy atom. The van der Waals surface area contributed by atoms with Crippen LogP contribution in [0.5, 0.6) is 0 Å². The van der Waals surface area contributed by atoms with Crippen LogP contribution in [0, 0.1) is 5.92 Å². The first-order valence-electron chi connectivity index (χ1n) is 20.0. The largest absolute Gasteiger partial charge is 0.309 e. The lowest BCUT2D eigenvalue weighted by Crippen LogP contribution is -2.11. The second kappa shape index (κ2) is 13.4. The molecular formula is C55H45N. The summed E-state index contributed by atoms with van der Waals surface area (Å²) in [6.45, 7) is 9.29. The fourth-order valence-electron chi connectivity index (χ4n) is 9.19. The number of hydrogen-bond donors (Lipinski definition) is 0. The van der Waals surface area contributed by atoms with Crippen LogP contribution in [0.2, 0.25) is 0 Å². The van der Waals surface area contributed by atoms with Gasteiger partial charge in [-0.15, -0.1) is 0 Å². The molecule has 10 rings (SSSR count). The summed E-state index contributed by atoms with van der Waals surface area (Å²) in [5, 5.41) is 7.86. The molecule has 270 valence electrons. The van der Waals surface area contributed by atoms with Gasteiger partial charge < -0.3 is 4.57 Å². The summed E-state index contributed by atoms with van der Waals surface area (Å²) >= 11 is 0. The molecule has 0 saturated heterocycles. The molecule has 1 aliphatic carbocycles. The minimum atomic E-state index is 0.0611. The van der Waals surface area contributed by atoms with Crippen molar-refractivity contribution in [3.63, 3.8) is 0 Å². The fourth-order valence-corrected chi connectivity index (χ4v) is 9.19. The van der Waals surface area contributed by atoms with Gasteiger partial charge in [-0.3, -0.25) is 0 Å². The SMILES string of the molecule is CC1C=C(c2ccc3c(c2)c2cc(C(C)(C)C)ccc2n3-c2ccccc2)C=CC1c1c2ccccc2c(-c2ccc(-c3ccccc3)cc2)c2ccccc12. The zero-order valence-corrected chi connectivity index (χ0v) is 32.5. The van der Waals surface area contributed by atoms with Gasteiger partial charge in [0.2, 0.25) is 0 Å². The smallest absolute Gasteiger partial charge is 0.0541 e. The quantitative estimate of drug-likeness (QED) is 0.156. The summed E-state index contributed by atoms with van der Waals surface area (Å²) in [7, 11) is 0. The zero-order valence-electron chi connectivity index (χ0n) is 32.5. The molecule has 1 heterocycles. The molecule has 9 aromatic rings. The summed E-state index contributed by atoms with van der Waals surface area (Å²) in [6.07, 6.45) is 7.35. The van der Waals surface area contributed by atoms with Crippen LogP contribution in [0.25, 0.3) is 76.9 Å². The lowest BCUT2D eigenvalue weighted by molar-refractivity contribution is 0.591. The maximum absolute atomic E-state index is 2.50. The predicted octanol–water partition coefficient (Wildman–Crippen LogP) is 15.1. The van der Waals surface area contributed by atoms with Gasteiger partial charge in [-0.05, 0) is 114 Å². The van der Waals surface area contributed by atoms with E-state index in [0.717, 1.165) is 0 Å². The molecule has 1 nitrogen and oxygen atoms in total. The van der Waals surface area contributed by atoms with Crippen LogP contribution >= 0.6 is 0 Å². The molecule has 0 saturated carbocycles. The minimum Gasteiger partial charge on any atom is -0.309 e. The Balaban J connectivity index is 1.07. The van der Waals surface area contributed by atoms with Crippen molar-refractivity contribution in [3.05, 3.63) is 205 Å². The highest BCUT2D eigenvalue weighted by Gasteiger charge is 2.26. The Morgan fingerprint density at radius 1 is 0.464 bits per heavy atom. The molecule has 1 aromatic heterocycles. The Kier molecular flexibility index (Phi) is 8.15. The standard InChI is InChI=1S/C55H45N/c1-36-33-40(41-28-31-51-49(34-41)50-35-42(55(2,3)4)29-32-52(50)56(51)43-17-9-6-10-18-43)27-30-44(36)54-47-21-13-11-19-45(47)53(46-20-12-14-22-48(46)54)39-25-23-38(24-26-39)37-15-7-5-8-16-37/h5-36,44H,1-4H3. The first-order chi connectivity index (χ1) is 27.3. The van der Waals surface area contributed by atoms with E-state index in [9.17, 15) is 0 Å². The number of fused-ring (bicyclic) bond motifs is 5. The van der Waals surface area contributed by atoms with E-state index in [1.807, 2.05) is 0 Å². The van der Waals surface area contributed by atoms with E-state index < -0.39 is 0 Å². The lowest BCUT2D eigenvalue weighted by atomic mass is 9.76. The van der Waals surface area contributed by atoms with Crippen LogP contribution in [-0.2, 0) is 5.41 Å². The zero-order chi connectivity index (χ0) is 38.0. The van der Waals surface area contributed by atoms with Gasteiger partial charge in [0.1, 0.15) is 0 Å². The number of para-hydroxylation sites is 1. The van der Waals surface area contributed by atoms with Crippen molar-refractivity contribution in [1.29, 1.82) is 0 Å². The van der Waals surface area contributed by atoms with Crippen LogP contribution in [-0.4, -0.2) is 4.57 Å². The van der Waals surface area contributed by atoms with Crippen LogP contribution in [0.1, 0.15) is 50.3 Å². The van der Waals surface area contributed by atoms with E-state index in [4.69, 9.17) is 0 Å². The van der Waals surface area contributed by atoms with E-state index in [1.54, 1.807) is 0 Å². The average molecular weight is 720 g/mol. The maximum atomic E-state index is 2.50. The molecule has 2 unspecified atom stereocenters. The van der Waals surface area contributed by atoms with Gasteiger partial charge >= 0.3 is 0 Å². The van der Waals surface area contributed by atoms with Crippen molar-refractivity contribution < 1.29 is 0 Å². The van der Waals surface area contributed by atoms with Crippen molar-refractivity contribution in [3.8, 4) is 27.9 Å². The summed E-state index contributed by atoms with van der Waals surface area (Å²) in [5.74, 6) is 0.535. The van der Waals surface area contributed by atoms with Gasteiger partial charge in [0.25, 0.3) is 0 Å². The first-order valence-corrected chi connectivity index (χ1v) is 20.0. The molecule has 8 aromatic carbocycles. The molecule has 0 N–H and O–H groups in total. The van der Waals surface area contributed by atoms with E-state index in [1.165, 1.54) is 93.6 Å². The number of nitrogens with zero attached hydrogens (tertiary/aromatic N) is 1. The van der Waals surface area contributed by atoms with Gasteiger partial charge in [0.05, 0.1) is 11.0 Å². The average Bonchev–Trinajstić information content (AvgIpc) is 3.56. The summed E-state index contributed by atoms with van der Waals surface area (Å²) < 4.78 is 2.42. The van der Waals surface area contributed by atoms with Gasteiger partial charge in [-0.2, -0.15) is 0 Å². The third-order valence-electron chi connectivity index (χ3n) is 12.1. The Hall–Kier alpha value is -6.44. The van der Waals surface area contributed by atoms with Crippen molar-refractivity contribution >= 4 is 48.9 Å². The highest BCUT2D eigenvalue weighted by atomic mass is 15.0. The van der Waals surface area contributed by atoms with Gasteiger partial charge in [-0.25, -0.2) is 0 Å². The molecule has 0 bridgehead atoms. The molecular weight excluding hydrogens is 675 g/mol. The molecule has 0 spiro atoms. The summed E-state index contributed by atoms with van der Waals surface area (Å²) in [6, 6.07) is 62.7.